The van der Waals surface area contributed by atoms with E-state index in [9.17, 15) is 4.79 Å². The highest BCUT2D eigenvalue weighted by atomic mass is 16.2. The Morgan fingerprint density at radius 3 is 2.42 bits per heavy atom. The van der Waals surface area contributed by atoms with Crippen LogP contribution in [0.4, 0.5) is 5.69 Å². The van der Waals surface area contributed by atoms with Crippen molar-refractivity contribution in [2.45, 2.75) is 13.0 Å². The molecule has 4 aromatic rings. The van der Waals surface area contributed by atoms with Crippen LogP contribution in [0.5, 0.6) is 0 Å². The van der Waals surface area contributed by atoms with Gasteiger partial charge < -0.3 is 4.90 Å². The molecule has 0 saturated heterocycles. The lowest BCUT2D eigenvalue weighted by molar-refractivity contribution is -0.118. The van der Waals surface area contributed by atoms with E-state index in [-0.39, 0.29) is 12.3 Å². The molecule has 0 bridgehead atoms. The van der Waals surface area contributed by atoms with Crippen molar-refractivity contribution in [2.75, 3.05) is 4.90 Å². The number of carbonyl (C=O) groups excluding carboxylic acids is 1. The first-order valence-electron chi connectivity index (χ1n) is 8.35. The summed E-state index contributed by atoms with van der Waals surface area (Å²) in [4.78, 5) is 23.2. The van der Waals surface area contributed by atoms with Crippen LogP contribution in [0.2, 0.25) is 0 Å². The maximum Gasteiger partial charge on any atom is 0.252 e. The van der Waals surface area contributed by atoms with Crippen LogP contribution >= 0.6 is 0 Å². The molecule has 0 N–H and O–H groups in total. The molecule has 2 aromatic carbocycles. The van der Waals surface area contributed by atoms with Gasteiger partial charge in [-0.3, -0.25) is 4.79 Å². The minimum atomic E-state index is -0.0593. The van der Waals surface area contributed by atoms with E-state index in [1.165, 1.54) is 0 Å². The summed E-state index contributed by atoms with van der Waals surface area (Å²) in [7, 11) is 0. The summed E-state index contributed by atoms with van der Waals surface area (Å²) in [5, 5.41) is 4.33. The number of nitrogens with zero attached hydrogens (tertiary/aromatic N) is 5. The maximum absolute atomic E-state index is 13.0. The van der Waals surface area contributed by atoms with Crippen molar-refractivity contribution in [3.05, 3.63) is 90.5 Å². The molecular formula is C20H17N5O. The first kappa shape index (κ1) is 16.0. The molecule has 0 aliphatic rings. The molecule has 26 heavy (non-hydrogen) atoms. The van der Waals surface area contributed by atoms with Crippen LogP contribution in [0, 0.1) is 0 Å². The number of anilines is 1. The predicted octanol–water partition coefficient (Wildman–Crippen LogP) is 2.90. The number of aromatic nitrogens is 4. The summed E-state index contributed by atoms with van der Waals surface area (Å²) in [6.45, 7) is 0.495. The number of carbonyl (C=O) groups is 1. The Hall–Kier alpha value is -3.54. The van der Waals surface area contributed by atoms with E-state index >= 15 is 0 Å². The SMILES string of the molecule is O=C(Cc1nc2ncccn2n1)N(Cc1ccccc1)c1ccccc1. The van der Waals surface area contributed by atoms with Crippen LogP contribution in [0.1, 0.15) is 11.4 Å². The summed E-state index contributed by atoms with van der Waals surface area (Å²) >= 11 is 0. The Kier molecular flexibility index (Phi) is 4.38. The molecule has 0 atom stereocenters. The van der Waals surface area contributed by atoms with Crippen LogP contribution in [0.3, 0.4) is 0 Å². The van der Waals surface area contributed by atoms with Gasteiger partial charge in [0.2, 0.25) is 5.91 Å². The molecular weight excluding hydrogens is 326 g/mol. The molecule has 0 radical (unpaired) electrons. The van der Waals surface area contributed by atoms with Crippen molar-refractivity contribution in [2.24, 2.45) is 0 Å². The summed E-state index contributed by atoms with van der Waals surface area (Å²) < 4.78 is 1.58. The van der Waals surface area contributed by atoms with Crippen molar-refractivity contribution in [3.8, 4) is 0 Å². The molecule has 6 nitrogen and oxygen atoms in total. The van der Waals surface area contributed by atoms with Gasteiger partial charge in [-0.15, -0.1) is 5.10 Å². The monoisotopic (exact) mass is 343 g/mol. The average molecular weight is 343 g/mol. The molecule has 1 amide bonds. The Morgan fingerprint density at radius 1 is 0.962 bits per heavy atom. The van der Waals surface area contributed by atoms with E-state index in [1.54, 1.807) is 27.9 Å². The average Bonchev–Trinajstić information content (AvgIpc) is 3.09. The molecule has 6 heteroatoms. The van der Waals surface area contributed by atoms with Crippen LogP contribution < -0.4 is 4.90 Å². The van der Waals surface area contributed by atoms with E-state index in [0.717, 1.165) is 11.3 Å². The molecule has 0 fully saturated rings. The first-order valence-corrected chi connectivity index (χ1v) is 8.35. The van der Waals surface area contributed by atoms with Gasteiger partial charge in [-0.25, -0.2) is 9.50 Å². The van der Waals surface area contributed by atoms with Crippen molar-refractivity contribution >= 4 is 17.4 Å². The maximum atomic E-state index is 13.0. The lowest BCUT2D eigenvalue weighted by Gasteiger charge is -2.22. The second-order valence-electron chi connectivity index (χ2n) is 5.87. The van der Waals surface area contributed by atoms with Crippen LogP contribution in [-0.2, 0) is 17.8 Å². The third-order valence-electron chi connectivity index (χ3n) is 4.02. The highest BCUT2D eigenvalue weighted by molar-refractivity contribution is 5.94. The molecule has 2 heterocycles. The first-order chi connectivity index (χ1) is 12.8. The van der Waals surface area contributed by atoms with Crippen molar-refractivity contribution in [1.82, 2.24) is 19.6 Å². The van der Waals surface area contributed by atoms with Gasteiger partial charge in [-0.05, 0) is 23.8 Å². The van der Waals surface area contributed by atoms with Gasteiger partial charge in [0.05, 0.1) is 13.0 Å². The predicted molar refractivity (Wildman–Crippen MR) is 98.6 cm³/mol. The van der Waals surface area contributed by atoms with Crippen LogP contribution in [0.25, 0.3) is 5.78 Å². The van der Waals surface area contributed by atoms with Crippen LogP contribution in [0.15, 0.2) is 79.1 Å². The van der Waals surface area contributed by atoms with E-state index in [4.69, 9.17) is 0 Å². The number of para-hydroxylation sites is 1. The molecule has 2 aromatic heterocycles. The second kappa shape index (κ2) is 7.14. The standard InChI is InChI=1S/C20H17N5O/c26-19(14-18-22-20-21-12-7-13-25(20)23-18)24(17-10-5-2-6-11-17)15-16-8-3-1-4-9-16/h1-13H,14-15H2. The Bertz CT molecular complexity index is 981. The highest BCUT2D eigenvalue weighted by Crippen LogP contribution is 2.18. The van der Waals surface area contributed by atoms with Gasteiger partial charge >= 0.3 is 0 Å². The zero-order valence-electron chi connectivity index (χ0n) is 14.1. The third-order valence-corrected chi connectivity index (χ3v) is 4.02. The Morgan fingerprint density at radius 2 is 1.69 bits per heavy atom. The minimum absolute atomic E-state index is 0.0593. The molecule has 4 rings (SSSR count). The minimum Gasteiger partial charge on any atom is -0.308 e. The molecule has 0 unspecified atom stereocenters. The van der Waals surface area contributed by atoms with Gasteiger partial charge in [0.1, 0.15) is 0 Å². The zero-order valence-corrected chi connectivity index (χ0v) is 14.1. The van der Waals surface area contributed by atoms with Crippen LogP contribution in [-0.4, -0.2) is 25.5 Å². The fraction of sp³-hybridized carbons (Fsp3) is 0.100. The molecule has 0 spiro atoms. The van der Waals surface area contributed by atoms with Gasteiger partial charge in [0, 0.05) is 18.1 Å². The molecule has 0 saturated carbocycles. The lowest BCUT2D eigenvalue weighted by atomic mass is 10.2. The number of fused-ring (bicyclic) bond motifs is 1. The Labute approximate surface area is 150 Å². The number of rotatable bonds is 5. The quantitative estimate of drug-likeness (QED) is 0.559. The van der Waals surface area contributed by atoms with Gasteiger partial charge in [-0.2, -0.15) is 4.98 Å². The molecule has 0 aliphatic carbocycles. The summed E-state index contributed by atoms with van der Waals surface area (Å²) in [6, 6.07) is 21.3. The molecule has 128 valence electrons. The second-order valence-corrected chi connectivity index (χ2v) is 5.87. The van der Waals surface area contributed by atoms with Crippen molar-refractivity contribution < 1.29 is 4.79 Å². The Balaban J connectivity index is 1.61. The number of hydrogen-bond acceptors (Lipinski definition) is 4. The summed E-state index contributed by atoms with van der Waals surface area (Å²) in [5.41, 5.74) is 1.91. The third kappa shape index (κ3) is 3.44. The van der Waals surface area contributed by atoms with Crippen molar-refractivity contribution in [1.29, 1.82) is 0 Å². The van der Waals surface area contributed by atoms with Gasteiger partial charge in [-0.1, -0.05) is 48.5 Å². The summed E-state index contributed by atoms with van der Waals surface area (Å²) in [5.74, 6) is 0.892. The normalized spacial score (nSPS) is 10.8. The largest absolute Gasteiger partial charge is 0.308 e. The van der Waals surface area contributed by atoms with Crippen molar-refractivity contribution in [3.63, 3.8) is 0 Å². The smallest absolute Gasteiger partial charge is 0.252 e. The zero-order chi connectivity index (χ0) is 17.8. The van der Waals surface area contributed by atoms with Gasteiger partial charge in [0.15, 0.2) is 5.82 Å². The van der Waals surface area contributed by atoms with E-state index in [1.807, 2.05) is 60.7 Å². The number of amides is 1. The number of benzene rings is 2. The molecule has 0 aliphatic heterocycles. The number of hydrogen-bond donors (Lipinski definition) is 0. The lowest BCUT2D eigenvalue weighted by Crippen LogP contribution is -2.32. The fourth-order valence-corrected chi connectivity index (χ4v) is 2.78. The topological polar surface area (TPSA) is 63.4 Å². The van der Waals surface area contributed by atoms with E-state index < -0.39 is 0 Å². The van der Waals surface area contributed by atoms with Gasteiger partial charge in [0.25, 0.3) is 5.78 Å². The summed E-state index contributed by atoms with van der Waals surface area (Å²) in [6.07, 6.45) is 3.54. The van der Waals surface area contributed by atoms with E-state index in [2.05, 4.69) is 15.1 Å². The van der Waals surface area contributed by atoms with E-state index in [0.29, 0.717) is 18.1 Å². The fourth-order valence-electron chi connectivity index (χ4n) is 2.78. The highest BCUT2D eigenvalue weighted by Gasteiger charge is 2.19.